The molecule has 4 heteroatoms. The van der Waals surface area contributed by atoms with Gasteiger partial charge in [0.2, 0.25) is 0 Å². The van der Waals surface area contributed by atoms with E-state index in [-0.39, 0.29) is 0 Å². The average molecular weight is 246 g/mol. The van der Waals surface area contributed by atoms with E-state index in [0.29, 0.717) is 6.04 Å². The SMILES string of the molecule is CC(C)CSCC(CC1CCOCC1)NN. The van der Waals surface area contributed by atoms with Crippen LogP contribution in [0.1, 0.15) is 33.1 Å². The maximum absolute atomic E-state index is 5.61. The van der Waals surface area contributed by atoms with E-state index in [9.17, 15) is 0 Å². The van der Waals surface area contributed by atoms with E-state index in [1.807, 2.05) is 11.8 Å². The van der Waals surface area contributed by atoms with Gasteiger partial charge in [-0.25, -0.2) is 0 Å². The van der Waals surface area contributed by atoms with Crippen LogP contribution in [0.4, 0.5) is 0 Å². The van der Waals surface area contributed by atoms with Crippen LogP contribution in [0.2, 0.25) is 0 Å². The fourth-order valence-electron chi connectivity index (χ4n) is 2.01. The molecule has 1 heterocycles. The molecule has 0 aromatic carbocycles. The molecule has 1 fully saturated rings. The summed E-state index contributed by atoms with van der Waals surface area (Å²) in [5.41, 5.74) is 2.96. The van der Waals surface area contributed by atoms with Crippen LogP contribution in [0.25, 0.3) is 0 Å². The van der Waals surface area contributed by atoms with Gasteiger partial charge in [-0.2, -0.15) is 11.8 Å². The van der Waals surface area contributed by atoms with Gasteiger partial charge in [0.1, 0.15) is 0 Å². The predicted molar refractivity (Wildman–Crippen MR) is 71.4 cm³/mol. The summed E-state index contributed by atoms with van der Waals surface area (Å²) >= 11 is 2.01. The van der Waals surface area contributed by atoms with Crippen molar-refractivity contribution in [2.75, 3.05) is 24.7 Å². The van der Waals surface area contributed by atoms with E-state index in [0.717, 1.165) is 30.8 Å². The Morgan fingerprint density at radius 2 is 2.00 bits per heavy atom. The van der Waals surface area contributed by atoms with Gasteiger partial charge in [0.05, 0.1) is 0 Å². The maximum atomic E-state index is 5.61. The molecular weight excluding hydrogens is 220 g/mol. The lowest BCUT2D eigenvalue weighted by molar-refractivity contribution is 0.0613. The Bertz CT molecular complexity index is 172. The second-order valence-electron chi connectivity index (χ2n) is 5.09. The minimum Gasteiger partial charge on any atom is -0.381 e. The van der Waals surface area contributed by atoms with E-state index in [1.54, 1.807) is 0 Å². The zero-order chi connectivity index (χ0) is 11.8. The van der Waals surface area contributed by atoms with Gasteiger partial charge in [-0.15, -0.1) is 0 Å². The predicted octanol–water partition coefficient (Wildman–Crippen LogP) is 2.02. The second kappa shape index (κ2) is 8.34. The molecule has 0 aromatic heterocycles. The average Bonchev–Trinajstić information content (AvgIpc) is 2.28. The first kappa shape index (κ1) is 14.3. The number of hydrogen-bond acceptors (Lipinski definition) is 4. The smallest absolute Gasteiger partial charge is 0.0468 e. The quantitative estimate of drug-likeness (QED) is 0.533. The molecule has 3 nitrogen and oxygen atoms in total. The number of ether oxygens (including phenoxy) is 1. The molecule has 0 radical (unpaired) electrons. The molecule has 0 aromatic rings. The minimum atomic E-state index is 0.465. The zero-order valence-electron chi connectivity index (χ0n) is 10.6. The van der Waals surface area contributed by atoms with Crippen molar-refractivity contribution >= 4 is 11.8 Å². The standard InChI is InChI=1S/C12H26N2OS/c1-10(2)8-16-9-12(14-13)7-11-3-5-15-6-4-11/h10-12,14H,3-9,13H2,1-2H3. The van der Waals surface area contributed by atoms with Crippen LogP contribution < -0.4 is 11.3 Å². The molecule has 0 bridgehead atoms. The molecule has 1 rings (SSSR count). The molecule has 0 spiro atoms. The lowest BCUT2D eigenvalue weighted by atomic mass is 9.93. The Kier molecular flexibility index (Phi) is 7.45. The van der Waals surface area contributed by atoms with Crippen molar-refractivity contribution in [3.05, 3.63) is 0 Å². The number of nitrogens with one attached hydrogen (secondary N) is 1. The van der Waals surface area contributed by atoms with Crippen LogP contribution in [-0.2, 0) is 4.74 Å². The van der Waals surface area contributed by atoms with Gasteiger partial charge < -0.3 is 4.74 Å². The normalized spacial score (nSPS) is 20.2. The van der Waals surface area contributed by atoms with Crippen molar-refractivity contribution in [2.45, 2.75) is 39.2 Å². The van der Waals surface area contributed by atoms with Crippen molar-refractivity contribution in [3.63, 3.8) is 0 Å². The number of hydrazine groups is 1. The molecule has 1 aliphatic rings. The van der Waals surface area contributed by atoms with Gasteiger partial charge >= 0.3 is 0 Å². The Morgan fingerprint density at radius 3 is 2.56 bits per heavy atom. The van der Waals surface area contributed by atoms with Gasteiger partial charge in [-0.1, -0.05) is 13.8 Å². The first-order valence-corrected chi connectivity index (χ1v) is 7.49. The van der Waals surface area contributed by atoms with Gasteiger partial charge in [0, 0.05) is 25.0 Å². The third-order valence-electron chi connectivity index (χ3n) is 2.96. The summed E-state index contributed by atoms with van der Waals surface area (Å²) in [6.45, 7) is 6.38. The summed E-state index contributed by atoms with van der Waals surface area (Å²) in [7, 11) is 0. The first-order chi connectivity index (χ1) is 7.72. The molecule has 3 N–H and O–H groups in total. The summed E-state index contributed by atoms with van der Waals surface area (Å²) in [6, 6.07) is 0.465. The molecule has 1 saturated heterocycles. The van der Waals surface area contributed by atoms with Crippen LogP contribution in [0.3, 0.4) is 0 Å². The summed E-state index contributed by atoms with van der Waals surface area (Å²) < 4.78 is 5.37. The van der Waals surface area contributed by atoms with Gasteiger partial charge in [0.25, 0.3) is 0 Å². The number of hydrogen-bond donors (Lipinski definition) is 2. The highest BCUT2D eigenvalue weighted by atomic mass is 32.2. The molecule has 0 amide bonds. The highest BCUT2D eigenvalue weighted by Crippen LogP contribution is 2.21. The maximum Gasteiger partial charge on any atom is 0.0468 e. The van der Waals surface area contributed by atoms with Crippen molar-refractivity contribution in [1.82, 2.24) is 5.43 Å². The zero-order valence-corrected chi connectivity index (χ0v) is 11.4. The molecule has 0 saturated carbocycles. The molecule has 96 valence electrons. The number of nitrogens with two attached hydrogens (primary N) is 1. The lowest BCUT2D eigenvalue weighted by Crippen LogP contribution is -2.39. The van der Waals surface area contributed by atoms with Crippen LogP contribution in [0.15, 0.2) is 0 Å². The van der Waals surface area contributed by atoms with Crippen molar-refractivity contribution in [1.29, 1.82) is 0 Å². The van der Waals surface area contributed by atoms with Crippen LogP contribution in [-0.4, -0.2) is 30.8 Å². The topological polar surface area (TPSA) is 47.3 Å². The van der Waals surface area contributed by atoms with Crippen molar-refractivity contribution in [3.8, 4) is 0 Å². The van der Waals surface area contributed by atoms with Gasteiger partial charge in [-0.05, 0) is 36.9 Å². The number of thioether (sulfide) groups is 1. The second-order valence-corrected chi connectivity index (χ2v) is 6.16. The third-order valence-corrected chi connectivity index (χ3v) is 4.51. The van der Waals surface area contributed by atoms with Crippen LogP contribution in [0.5, 0.6) is 0 Å². The minimum absolute atomic E-state index is 0.465. The van der Waals surface area contributed by atoms with E-state index in [2.05, 4.69) is 19.3 Å². The molecular formula is C12H26N2OS. The van der Waals surface area contributed by atoms with E-state index >= 15 is 0 Å². The van der Waals surface area contributed by atoms with Gasteiger partial charge in [0.15, 0.2) is 0 Å². The third kappa shape index (κ3) is 6.09. The fraction of sp³-hybridized carbons (Fsp3) is 1.00. The lowest BCUT2D eigenvalue weighted by Gasteiger charge is -2.26. The highest BCUT2D eigenvalue weighted by molar-refractivity contribution is 7.99. The summed E-state index contributed by atoms with van der Waals surface area (Å²) in [5.74, 6) is 9.54. The highest BCUT2D eigenvalue weighted by Gasteiger charge is 2.18. The summed E-state index contributed by atoms with van der Waals surface area (Å²) in [5, 5.41) is 0. The van der Waals surface area contributed by atoms with E-state index in [4.69, 9.17) is 10.6 Å². The Morgan fingerprint density at radius 1 is 1.31 bits per heavy atom. The summed E-state index contributed by atoms with van der Waals surface area (Å²) in [6.07, 6.45) is 3.60. The first-order valence-electron chi connectivity index (χ1n) is 6.34. The largest absolute Gasteiger partial charge is 0.381 e. The van der Waals surface area contributed by atoms with E-state index < -0.39 is 0 Å². The van der Waals surface area contributed by atoms with Crippen LogP contribution >= 0.6 is 11.8 Å². The Labute approximate surface area is 104 Å². The Balaban J connectivity index is 2.14. The molecule has 1 atom stereocenters. The van der Waals surface area contributed by atoms with E-state index in [1.165, 1.54) is 25.0 Å². The van der Waals surface area contributed by atoms with Crippen molar-refractivity contribution < 1.29 is 4.74 Å². The summed E-state index contributed by atoms with van der Waals surface area (Å²) in [4.78, 5) is 0. The Hall–Kier alpha value is 0.230. The monoisotopic (exact) mass is 246 g/mol. The molecule has 1 unspecified atom stereocenters. The van der Waals surface area contributed by atoms with Crippen molar-refractivity contribution in [2.24, 2.45) is 17.7 Å². The fourth-order valence-corrected chi connectivity index (χ4v) is 3.14. The molecule has 1 aliphatic heterocycles. The molecule has 0 aliphatic carbocycles. The van der Waals surface area contributed by atoms with Gasteiger partial charge in [-0.3, -0.25) is 11.3 Å². The number of rotatable bonds is 7. The van der Waals surface area contributed by atoms with Crippen LogP contribution in [0, 0.1) is 11.8 Å². The molecule has 16 heavy (non-hydrogen) atoms.